The number of anilines is 1. The molecule has 0 fully saturated rings. The molecule has 19 heavy (non-hydrogen) atoms. The van der Waals surface area contributed by atoms with Gasteiger partial charge in [-0.25, -0.2) is 0 Å². The van der Waals surface area contributed by atoms with Gasteiger partial charge in [-0.3, -0.25) is 0 Å². The first-order chi connectivity index (χ1) is 9.10. The molecule has 0 spiro atoms. The summed E-state index contributed by atoms with van der Waals surface area (Å²) in [7, 11) is 0. The number of nitrogens with one attached hydrogen (secondary N) is 1. The minimum absolute atomic E-state index is 0.237. The van der Waals surface area contributed by atoms with Gasteiger partial charge in [0.2, 0.25) is 0 Å². The van der Waals surface area contributed by atoms with Gasteiger partial charge < -0.3 is 5.32 Å². The average Bonchev–Trinajstić information content (AvgIpc) is 2.43. The Labute approximate surface area is 128 Å². The lowest BCUT2D eigenvalue weighted by Crippen LogP contribution is -2.07. The van der Waals surface area contributed by atoms with E-state index >= 15 is 0 Å². The van der Waals surface area contributed by atoms with E-state index in [1.165, 1.54) is 11.1 Å². The number of aryl methyl sites for hydroxylation is 1. The van der Waals surface area contributed by atoms with E-state index in [1.807, 2.05) is 18.2 Å². The second-order valence-electron chi connectivity index (χ2n) is 4.59. The standard InChI is InChI=1S/C16H17BrClN/c1-3-12-4-6-13(7-5-12)11(2)19-16-10-14(18)8-9-15(16)17/h4-11,19H,3H2,1-2H3. The van der Waals surface area contributed by atoms with E-state index in [-0.39, 0.29) is 6.04 Å². The van der Waals surface area contributed by atoms with Crippen molar-refractivity contribution in [2.45, 2.75) is 26.3 Å². The Bertz CT molecular complexity index is 551. The molecule has 1 nitrogen and oxygen atoms in total. The van der Waals surface area contributed by atoms with Crippen LogP contribution in [0.5, 0.6) is 0 Å². The van der Waals surface area contributed by atoms with Crippen LogP contribution in [0.25, 0.3) is 0 Å². The van der Waals surface area contributed by atoms with E-state index in [2.05, 4.69) is 59.4 Å². The molecule has 1 unspecified atom stereocenters. The topological polar surface area (TPSA) is 12.0 Å². The summed E-state index contributed by atoms with van der Waals surface area (Å²) in [6.45, 7) is 4.31. The summed E-state index contributed by atoms with van der Waals surface area (Å²) in [5.41, 5.74) is 3.64. The molecule has 0 saturated carbocycles. The van der Waals surface area contributed by atoms with E-state index < -0.39 is 0 Å². The zero-order chi connectivity index (χ0) is 13.8. The molecule has 0 radical (unpaired) electrons. The zero-order valence-electron chi connectivity index (χ0n) is 11.1. The Hall–Kier alpha value is -0.990. The van der Waals surface area contributed by atoms with Crippen LogP contribution in [0.15, 0.2) is 46.9 Å². The Morgan fingerprint density at radius 1 is 1.16 bits per heavy atom. The van der Waals surface area contributed by atoms with E-state index in [4.69, 9.17) is 11.6 Å². The van der Waals surface area contributed by atoms with Crippen LogP contribution >= 0.6 is 27.5 Å². The molecule has 1 atom stereocenters. The third kappa shape index (κ3) is 3.74. The summed E-state index contributed by atoms with van der Waals surface area (Å²) in [6, 6.07) is 14.7. The van der Waals surface area contributed by atoms with Gasteiger partial charge in [0.15, 0.2) is 0 Å². The summed E-state index contributed by atoms with van der Waals surface area (Å²) < 4.78 is 1.02. The predicted molar refractivity (Wildman–Crippen MR) is 87.0 cm³/mol. The fourth-order valence-electron chi connectivity index (χ4n) is 1.97. The van der Waals surface area contributed by atoms with Gasteiger partial charge >= 0.3 is 0 Å². The molecule has 2 aromatic carbocycles. The second-order valence-corrected chi connectivity index (χ2v) is 5.88. The number of halogens is 2. The number of hydrogen-bond donors (Lipinski definition) is 1. The van der Waals surface area contributed by atoms with Crippen LogP contribution in [0.2, 0.25) is 5.02 Å². The van der Waals surface area contributed by atoms with E-state index in [9.17, 15) is 0 Å². The zero-order valence-corrected chi connectivity index (χ0v) is 13.4. The molecule has 100 valence electrons. The van der Waals surface area contributed by atoms with Crippen molar-refractivity contribution in [2.75, 3.05) is 5.32 Å². The summed E-state index contributed by atoms with van der Waals surface area (Å²) >= 11 is 9.56. The van der Waals surface area contributed by atoms with Gasteiger partial charge in [0, 0.05) is 15.5 Å². The first-order valence-electron chi connectivity index (χ1n) is 6.40. The van der Waals surface area contributed by atoms with Crippen molar-refractivity contribution in [3.8, 4) is 0 Å². The fourth-order valence-corrected chi connectivity index (χ4v) is 2.50. The highest BCUT2D eigenvalue weighted by Gasteiger charge is 2.08. The Balaban J connectivity index is 2.15. The molecule has 0 amide bonds. The third-order valence-electron chi connectivity index (χ3n) is 3.19. The molecule has 0 aliphatic heterocycles. The summed E-state index contributed by atoms with van der Waals surface area (Å²) in [5, 5.41) is 4.21. The molecule has 3 heteroatoms. The molecule has 0 bridgehead atoms. The van der Waals surface area contributed by atoms with Crippen LogP contribution in [0.4, 0.5) is 5.69 Å². The van der Waals surface area contributed by atoms with Crippen molar-refractivity contribution in [1.82, 2.24) is 0 Å². The maximum Gasteiger partial charge on any atom is 0.0504 e. The first-order valence-corrected chi connectivity index (χ1v) is 7.57. The Morgan fingerprint density at radius 2 is 1.84 bits per heavy atom. The summed E-state index contributed by atoms with van der Waals surface area (Å²) in [5.74, 6) is 0. The fraction of sp³-hybridized carbons (Fsp3) is 0.250. The van der Waals surface area contributed by atoms with Gasteiger partial charge in [-0.05, 0) is 58.6 Å². The molecular formula is C16H17BrClN. The quantitative estimate of drug-likeness (QED) is 0.738. The number of hydrogen-bond acceptors (Lipinski definition) is 1. The van der Waals surface area contributed by atoms with Crippen LogP contribution in [0.1, 0.15) is 31.0 Å². The van der Waals surface area contributed by atoms with Crippen LogP contribution in [-0.4, -0.2) is 0 Å². The normalized spacial score (nSPS) is 12.2. The van der Waals surface area contributed by atoms with E-state index in [0.717, 1.165) is 21.6 Å². The van der Waals surface area contributed by atoms with Crippen molar-refractivity contribution in [1.29, 1.82) is 0 Å². The van der Waals surface area contributed by atoms with Gasteiger partial charge in [0.05, 0.1) is 5.69 Å². The monoisotopic (exact) mass is 337 g/mol. The number of rotatable bonds is 4. The van der Waals surface area contributed by atoms with Gasteiger partial charge in [-0.1, -0.05) is 42.8 Å². The molecule has 2 rings (SSSR count). The lowest BCUT2D eigenvalue weighted by Gasteiger charge is -2.17. The van der Waals surface area contributed by atoms with Gasteiger partial charge in [0.25, 0.3) is 0 Å². The maximum absolute atomic E-state index is 6.03. The summed E-state index contributed by atoms with van der Waals surface area (Å²) in [6.07, 6.45) is 1.07. The van der Waals surface area contributed by atoms with Crippen molar-refractivity contribution < 1.29 is 0 Å². The molecule has 0 aromatic heterocycles. The number of benzene rings is 2. The molecular weight excluding hydrogens is 322 g/mol. The minimum Gasteiger partial charge on any atom is -0.378 e. The molecule has 0 saturated heterocycles. The van der Waals surface area contributed by atoms with Crippen LogP contribution in [0.3, 0.4) is 0 Å². The Morgan fingerprint density at radius 3 is 2.47 bits per heavy atom. The summed E-state index contributed by atoms with van der Waals surface area (Å²) in [4.78, 5) is 0. The molecule has 0 aliphatic carbocycles. The first kappa shape index (κ1) is 14.4. The van der Waals surface area contributed by atoms with Crippen molar-refractivity contribution in [3.63, 3.8) is 0 Å². The van der Waals surface area contributed by atoms with Crippen LogP contribution in [-0.2, 0) is 6.42 Å². The maximum atomic E-state index is 6.03. The van der Waals surface area contributed by atoms with Crippen LogP contribution in [0, 0.1) is 0 Å². The highest BCUT2D eigenvalue weighted by Crippen LogP contribution is 2.29. The smallest absolute Gasteiger partial charge is 0.0504 e. The minimum atomic E-state index is 0.237. The van der Waals surface area contributed by atoms with Gasteiger partial charge in [-0.15, -0.1) is 0 Å². The van der Waals surface area contributed by atoms with E-state index in [1.54, 1.807) is 0 Å². The van der Waals surface area contributed by atoms with Gasteiger partial charge in [-0.2, -0.15) is 0 Å². The molecule has 2 aromatic rings. The van der Waals surface area contributed by atoms with Crippen molar-refractivity contribution in [3.05, 3.63) is 63.1 Å². The van der Waals surface area contributed by atoms with E-state index in [0.29, 0.717) is 0 Å². The highest BCUT2D eigenvalue weighted by atomic mass is 79.9. The highest BCUT2D eigenvalue weighted by molar-refractivity contribution is 9.10. The molecule has 0 aliphatic rings. The average molecular weight is 339 g/mol. The predicted octanol–water partition coefficient (Wildman–Crippen LogP) is 5.84. The second kappa shape index (κ2) is 6.44. The lowest BCUT2D eigenvalue weighted by atomic mass is 10.0. The van der Waals surface area contributed by atoms with Crippen molar-refractivity contribution >= 4 is 33.2 Å². The lowest BCUT2D eigenvalue weighted by molar-refractivity contribution is 0.881. The SMILES string of the molecule is CCc1ccc(C(C)Nc2cc(Cl)ccc2Br)cc1. The van der Waals surface area contributed by atoms with Crippen LogP contribution < -0.4 is 5.32 Å². The van der Waals surface area contributed by atoms with Gasteiger partial charge in [0.1, 0.15) is 0 Å². The Kier molecular flexibility index (Phi) is 4.89. The largest absolute Gasteiger partial charge is 0.378 e. The molecule has 0 heterocycles. The van der Waals surface area contributed by atoms with Crippen molar-refractivity contribution in [2.24, 2.45) is 0 Å². The molecule has 1 N–H and O–H groups in total. The third-order valence-corrected chi connectivity index (χ3v) is 4.11.